The normalized spacial score (nSPS) is 17.0. The number of amides is 1. The van der Waals surface area contributed by atoms with Crippen molar-refractivity contribution in [2.75, 3.05) is 11.9 Å². The molecule has 1 heterocycles. The summed E-state index contributed by atoms with van der Waals surface area (Å²) in [4.78, 5) is 12.0. The highest BCUT2D eigenvalue weighted by Crippen LogP contribution is 2.27. The smallest absolute Gasteiger partial charge is 0.241 e. The molecular weight excluding hydrogens is 240 g/mol. The van der Waals surface area contributed by atoms with E-state index in [4.69, 9.17) is 10.5 Å². The van der Waals surface area contributed by atoms with E-state index in [0.717, 1.165) is 42.9 Å². The van der Waals surface area contributed by atoms with E-state index in [2.05, 4.69) is 5.32 Å². The van der Waals surface area contributed by atoms with Gasteiger partial charge in [-0.3, -0.25) is 4.79 Å². The van der Waals surface area contributed by atoms with Crippen LogP contribution in [0.2, 0.25) is 0 Å². The number of rotatable bonds is 4. The fraction of sp³-hybridized carbons (Fsp3) is 0.533. The lowest BCUT2D eigenvalue weighted by molar-refractivity contribution is -0.118. The van der Waals surface area contributed by atoms with Gasteiger partial charge in [0.1, 0.15) is 5.75 Å². The van der Waals surface area contributed by atoms with Gasteiger partial charge in [-0.1, -0.05) is 20.3 Å². The van der Waals surface area contributed by atoms with E-state index in [1.54, 1.807) is 0 Å². The lowest BCUT2D eigenvalue weighted by Crippen LogP contribution is -2.40. The Kier molecular flexibility index (Phi) is 4.43. The first kappa shape index (κ1) is 13.9. The minimum absolute atomic E-state index is 0.119. The first-order chi connectivity index (χ1) is 9.11. The summed E-state index contributed by atoms with van der Waals surface area (Å²) in [6.45, 7) is 4.80. The van der Waals surface area contributed by atoms with Crippen LogP contribution in [0, 0.1) is 5.92 Å². The van der Waals surface area contributed by atoms with Gasteiger partial charge in [0.05, 0.1) is 12.6 Å². The molecular formula is C15H22N2O2. The second-order valence-electron chi connectivity index (χ2n) is 5.18. The number of hydrogen-bond donors (Lipinski definition) is 2. The van der Waals surface area contributed by atoms with Gasteiger partial charge in [-0.2, -0.15) is 0 Å². The van der Waals surface area contributed by atoms with Crippen LogP contribution >= 0.6 is 0 Å². The van der Waals surface area contributed by atoms with Crippen LogP contribution in [-0.2, 0) is 11.2 Å². The van der Waals surface area contributed by atoms with Crippen molar-refractivity contribution in [2.45, 2.75) is 39.2 Å². The van der Waals surface area contributed by atoms with Crippen molar-refractivity contribution in [1.29, 1.82) is 0 Å². The van der Waals surface area contributed by atoms with Crippen LogP contribution in [-0.4, -0.2) is 18.6 Å². The second kappa shape index (κ2) is 6.06. The van der Waals surface area contributed by atoms with Crippen LogP contribution in [0.5, 0.6) is 5.75 Å². The van der Waals surface area contributed by atoms with Crippen LogP contribution in [0.15, 0.2) is 18.2 Å². The van der Waals surface area contributed by atoms with Gasteiger partial charge < -0.3 is 15.8 Å². The molecule has 0 saturated heterocycles. The van der Waals surface area contributed by atoms with Crippen molar-refractivity contribution in [1.82, 2.24) is 0 Å². The molecule has 1 amide bonds. The Morgan fingerprint density at radius 2 is 2.32 bits per heavy atom. The maximum atomic E-state index is 12.0. The monoisotopic (exact) mass is 262 g/mol. The van der Waals surface area contributed by atoms with E-state index >= 15 is 0 Å². The Morgan fingerprint density at radius 1 is 1.53 bits per heavy atom. The molecule has 0 fully saturated rings. The van der Waals surface area contributed by atoms with Crippen LogP contribution in [0.3, 0.4) is 0 Å². The molecule has 0 radical (unpaired) electrons. The standard InChI is InChI=1S/C15H22N2O2/c1-3-10(2)14(16)15(18)17-12-6-7-13-11(9-12)5-4-8-19-13/h6-7,9-10,14H,3-5,8,16H2,1-2H3,(H,17,18). The maximum absolute atomic E-state index is 12.0. The fourth-order valence-electron chi connectivity index (χ4n) is 2.18. The number of nitrogens with one attached hydrogen (secondary N) is 1. The van der Waals surface area contributed by atoms with Gasteiger partial charge in [-0.15, -0.1) is 0 Å². The van der Waals surface area contributed by atoms with E-state index < -0.39 is 6.04 Å². The lowest BCUT2D eigenvalue weighted by atomic mass is 9.99. The Hall–Kier alpha value is -1.55. The Bertz CT molecular complexity index is 459. The Labute approximate surface area is 114 Å². The zero-order valence-electron chi connectivity index (χ0n) is 11.6. The molecule has 1 aromatic carbocycles. The molecule has 1 aliphatic rings. The number of aryl methyl sites for hydroxylation is 1. The van der Waals surface area contributed by atoms with Crippen molar-refractivity contribution >= 4 is 11.6 Å². The average molecular weight is 262 g/mol. The minimum Gasteiger partial charge on any atom is -0.493 e. The number of ether oxygens (including phenoxy) is 1. The van der Waals surface area contributed by atoms with Crippen molar-refractivity contribution < 1.29 is 9.53 Å². The fourth-order valence-corrected chi connectivity index (χ4v) is 2.18. The maximum Gasteiger partial charge on any atom is 0.241 e. The molecule has 0 aliphatic carbocycles. The molecule has 4 nitrogen and oxygen atoms in total. The lowest BCUT2D eigenvalue weighted by Gasteiger charge is -2.20. The van der Waals surface area contributed by atoms with Crippen molar-refractivity contribution in [3.8, 4) is 5.75 Å². The third kappa shape index (κ3) is 3.26. The van der Waals surface area contributed by atoms with Crippen LogP contribution in [0.4, 0.5) is 5.69 Å². The van der Waals surface area contributed by atoms with E-state index in [-0.39, 0.29) is 11.8 Å². The molecule has 0 aromatic heterocycles. The van der Waals surface area contributed by atoms with E-state index in [9.17, 15) is 4.79 Å². The molecule has 0 bridgehead atoms. The Balaban J connectivity index is 2.05. The van der Waals surface area contributed by atoms with Crippen LogP contribution in [0.25, 0.3) is 0 Å². The summed E-state index contributed by atoms with van der Waals surface area (Å²) in [5.41, 5.74) is 7.87. The number of nitrogens with two attached hydrogens (primary N) is 1. The van der Waals surface area contributed by atoms with Gasteiger partial charge in [0.25, 0.3) is 0 Å². The summed E-state index contributed by atoms with van der Waals surface area (Å²) >= 11 is 0. The molecule has 104 valence electrons. The molecule has 1 aliphatic heterocycles. The molecule has 2 rings (SSSR count). The third-order valence-corrected chi connectivity index (χ3v) is 3.74. The highest BCUT2D eigenvalue weighted by Gasteiger charge is 2.20. The molecule has 0 saturated carbocycles. The topological polar surface area (TPSA) is 64.4 Å². The number of hydrogen-bond acceptors (Lipinski definition) is 3. The van der Waals surface area contributed by atoms with Gasteiger partial charge in [0.15, 0.2) is 0 Å². The van der Waals surface area contributed by atoms with E-state index in [1.807, 2.05) is 32.0 Å². The first-order valence-electron chi connectivity index (χ1n) is 6.94. The SMILES string of the molecule is CCC(C)C(N)C(=O)Nc1ccc2c(c1)CCCO2. The van der Waals surface area contributed by atoms with Crippen LogP contribution in [0.1, 0.15) is 32.3 Å². The van der Waals surface area contributed by atoms with Crippen LogP contribution < -0.4 is 15.8 Å². The molecule has 19 heavy (non-hydrogen) atoms. The van der Waals surface area contributed by atoms with E-state index in [1.165, 1.54) is 0 Å². The summed E-state index contributed by atoms with van der Waals surface area (Å²) in [7, 11) is 0. The van der Waals surface area contributed by atoms with Crippen molar-refractivity contribution in [2.24, 2.45) is 11.7 Å². The molecule has 4 heteroatoms. The van der Waals surface area contributed by atoms with Gasteiger partial charge in [0, 0.05) is 5.69 Å². The highest BCUT2D eigenvalue weighted by molar-refractivity contribution is 5.95. The summed E-state index contributed by atoms with van der Waals surface area (Å²) in [6.07, 6.45) is 2.92. The summed E-state index contributed by atoms with van der Waals surface area (Å²) in [6, 6.07) is 5.30. The molecule has 2 atom stereocenters. The van der Waals surface area contributed by atoms with Gasteiger partial charge in [-0.25, -0.2) is 0 Å². The number of carbonyl (C=O) groups is 1. The first-order valence-corrected chi connectivity index (χ1v) is 6.94. The van der Waals surface area contributed by atoms with Crippen molar-refractivity contribution in [3.63, 3.8) is 0 Å². The second-order valence-corrected chi connectivity index (χ2v) is 5.18. The Morgan fingerprint density at radius 3 is 3.05 bits per heavy atom. The minimum atomic E-state index is -0.461. The predicted molar refractivity (Wildman–Crippen MR) is 76.3 cm³/mol. The van der Waals surface area contributed by atoms with Gasteiger partial charge in [0.2, 0.25) is 5.91 Å². The molecule has 0 spiro atoms. The zero-order chi connectivity index (χ0) is 13.8. The third-order valence-electron chi connectivity index (χ3n) is 3.74. The largest absolute Gasteiger partial charge is 0.493 e. The van der Waals surface area contributed by atoms with Gasteiger partial charge in [-0.05, 0) is 42.5 Å². The summed E-state index contributed by atoms with van der Waals surface area (Å²) < 4.78 is 5.55. The number of anilines is 1. The highest BCUT2D eigenvalue weighted by atomic mass is 16.5. The van der Waals surface area contributed by atoms with Gasteiger partial charge >= 0.3 is 0 Å². The number of carbonyl (C=O) groups excluding carboxylic acids is 1. The number of benzene rings is 1. The summed E-state index contributed by atoms with van der Waals surface area (Å²) in [5.74, 6) is 0.988. The predicted octanol–water partition coefficient (Wildman–Crippen LogP) is 2.32. The molecule has 2 unspecified atom stereocenters. The summed E-state index contributed by atoms with van der Waals surface area (Å²) in [5, 5.41) is 2.89. The quantitative estimate of drug-likeness (QED) is 0.875. The van der Waals surface area contributed by atoms with Crippen molar-refractivity contribution in [3.05, 3.63) is 23.8 Å². The number of fused-ring (bicyclic) bond motifs is 1. The van der Waals surface area contributed by atoms with E-state index in [0.29, 0.717) is 0 Å². The molecule has 1 aromatic rings. The average Bonchev–Trinajstić information content (AvgIpc) is 2.45. The zero-order valence-corrected chi connectivity index (χ0v) is 11.6. The molecule has 3 N–H and O–H groups in total.